The Kier molecular flexibility index (Phi) is 3.22. The summed E-state index contributed by atoms with van der Waals surface area (Å²) in [6.45, 7) is 4.31. The van der Waals surface area contributed by atoms with Crippen LogP contribution in [-0.2, 0) is 0 Å². The molecule has 0 aliphatic carbocycles. The van der Waals surface area contributed by atoms with Gasteiger partial charge in [0, 0.05) is 24.5 Å². The van der Waals surface area contributed by atoms with Gasteiger partial charge in [0.25, 0.3) is 5.91 Å². The minimum atomic E-state index is -0.462. The van der Waals surface area contributed by atoms with E-state index in [4.69, 9.17) is 11.5 Å². The van der Waals surface area contributed by atoms with Crippen LogP contribution in [0.1, 0.15) is 30.1 Å². The van der Waals surface area contributed by atoms with E-state index >= 15 is 0 Å². The van der Waals surface area contributed by atoms with Crippen LogP contribution in [0.5, 0.6) is 0 Å². The Bertz CT molecular complexity index is 431. The molecule has 1 aliphatic heterocycles. The number of rotatable bonds is 3. The number of hydrogen-bond acceptors (Lipinski definition) is 3. The van der Waals surface area contributed by atoms with Crippen molar-refractivity contribution in [2.75, 3.05) is 23.7 Å². The van der Waals surface area contributed by atoms with Crippen molar-refractivity contribution in [2.45, 2.75) is 19.8 Å². The summed E-state index contributed by atoms with van der Waals surface area (Å²) in [5.74, 6) is 0.292. The first-order chi connectivity index (χ1) is 8.11. The van der Waals surface area contributed by atoms with E-state index in [1.807, 2.05) is 6.07 Å². The minimum Gasteiger partial charge on any atom is -0.398 e. The molecule has 0 aromatic heterocycles. The minimum absolute atomic E-state index is 0.419. The van der Waals surface area contributed by atoms with E-state index in [2.05, 4.69) is 11.8 Å². The summed E-state index contributed by atoms with van der Waals surface area (Å²) >= 11 is 0. The molecule has 1 fully saturated rings. The highest BCUT2D eigenvalue weighted by molar-refractivity contribution is 5.99. The molecule has 1 unspecified atom stereocenters. The fourth-order valence-electron chi connectivity index (χ4n) is 2.35. The van der Waals surface area contributed by atoms with Crippen LogP contribution in [0.2, 0.25) is 0 Å². The van der Waals surface area contributed by atoms with Crippen LogP contribution in [0.4, 0.5) is 11.4 Å². The van der Waals surface area contributed by atoms with Crippen LogP contribution >= 0.6 is 0 Å². The van der Waals surface area contributed by atoms with Crippen molar-refractivity contribution in [3.8, 4) is 0 Å². The summed E-state index contributed by atoms with van der Waals surface area (Å²) in [7, 11) is 0. The molecule has 1 atom stereocenters. The van der Waals surface area contributed by atoms with Crippen molar-refractivity contribution in [1.82, 2.24) is 0 Å². The predicted molar refractivity (Wildman–Crippen MR) is 70.0 cm³/mol. The Hall–Kier alpha value is -1.71. The molecule has 17 heavy (non-hydrogen) atoms. The van der Waals surface area contributed by atoms with Gasteiger partial charge in [-0.3, -0.25) is 4.79 Å². The monoisotopic (exact) mass is 233 g/mol. The number of carbonyl (C=O) groups excluding carboxylic acids is 1. The Labute approximate surface area is 102 Å². The zero-order valence-corrected chi connectivity index (χ0v) is 10.1. The van der Waals surface area contributed by atoms with Gasteiger partial charge in [-0.05, 0) is 30.5 Å². The summed E-state index contributed by atoms with van der Waals surface area (Å²) in [6, 6.07) is 5.52. The molecule has 1 saturated heterocycles. The lowest BCUT2D eigenvalue weighted by molar-refractivity contribution is 0.100. The summed E-state index contributed by atoms with van der Waals surface area (Å²) in [5.41, 5.74) is 12.9. The SMILES string of the molecule is CCC1CCN(c2ccc(N)c(C(N)=O)c2)C1. The standard InChI is InChI=1S/C13H19N3O/c1-2-9-5-6-16(8-9)10-3-4-12(14)11(7-10)13(15)17/h3-4,7,9H,2,5-6,8,14H2,1H3,(H2,15,17). The summed E-state index contributed by atoms with van der Waals surface area (Å²) in [5, 5.41) is 0. The normalized spacial score (nSPS) is 19.6. The average molecular weight is 233 g/mol. The van der Waals surface area contributed by atoms with Crippen LogP contribution in [0.3, 0.4) is 0 Å². The van der Waals surface area contributed by atoms with Gasteiger partial charge in [-0.15, -0.1) is 0 Å². The molecule has 0 spiro atoms. The molecule has 0 saturated carbocycles. The van der Waals surface area contributed by atoms with E-state index in [1.165, 1.54) is 12.8 Å². The van der Waals surface area contributed by atoms with E-state index in [1.54, 1.807) is 12.1 Å². The summed E-state index contributed by atoms with van der Waals surface area (Å²) < 4.78 is 0. The second-order valence-corrected chi connectivity index (χ2v) is 4.64. The number of carbonyl (C=O) groups is 1. The van der Waals surface area contributed by atoms with Crippen molar-refractivity contribution in [3.05, 3.63) is 23.8 Å². The lowest BCUT2D eigenvalue weighted by Crippen LogP contribution is -2.21. The van der Waals surface area contributed by atoms with Crippen molar-refractivity contribution >= 4 is 17.3 Å². The Balaban J connectivity index is 2.22. The maximum absolute atomic E-state index is 11.2. The second-order valence-electron chi connectivity index (χ2n) is 4.64. The number of nitrogen functional groups attached to an aromatic ring is 1. The Morgan fingerprint density at radius 1 is 1.53 bits per heavy atom. The van der Waals surface area contributed by atoms with E-state index < -0.39 is 5.91 Å². The van der Waals surface area contributed by atoms with Crippen molar-refractivity contribution in [2.24, 2.45) is 11.7 Å². The lowest BCUT2D eigenvalue weighted by atomic mass is 10.1. The molecule has 4 heteroatoms. The highest BCUT2D eigenvalue weighted by Gasteiger charge is 2.21. The van der Waals surface area contributed by atoms with Crippen LogP contribution in [0.15, 0.2) is 18.2 Å². The maximum atomic E-state index is 11.2. The number of amides is 1. The molecule has 1 aromatic rings. The zero-order valence-electron chi connectivity index (χ0n) is 10.1. The molecule has 1 heterocycles. The third-order valence-corrected chi connectivity index (χ3v) is 3.53. The van der Waals surface area contributed by atoms with Gasteiger partial charge < -0.3 is 16.4 Å². The number of nitrogens with zero attached hydrogens (tertiary/aromatic N) is 1. The molecular formula is C13H19N3O. The third kappa shape index (κ3) is 2.35. The van der Waals surface area contributed by atoms with Crippen LogP contribution in [0, 0.1) is 5.92 Å². The molecule has 4 N–H and O–H groups in total. The van der Waals surface area contributed by atoms with Gasteiger partial charge in [0.15, 0.2) is 0 Å². The largest absolute Gasteiger partial charge is 0.398 e. The molecule has 1 aromatic carbocycles. The molecule has 4 nitrogen and oxygen atoms in total. The third-order valence-electron chi connectivity index (χ3n) is 3.53. The maximum Gasteiger partial charge on any atom is 0.250 e. The van der Waals surface area contributed by atoms with E-state index in [-0.39, 0.29) is 0 Å². The van der Waals surface area contributed by atoms with E-state index in [0.717, 1.165) is 24.7 Å². The molecule has 0 radical (unpaired) electrons. The van der Waals surface area contributed by atoms with Crippen LogP contribution in [-0.4, -0.2) is 19.0 Å². The summed E-state index contributed by atoms with van der Waals surface area (Å²) in [4.78, 5) is 13.5. The van der Waals surface area contributed by atoms with Gasteiger partial charge in [-0.25, -0.2) is 0 Å². The topological polar surface area (TPSA) is 72.3 Å². The molecule has 2 rings (SSSR count). The smallest absolute Gasteiger partial charge is 0.250 e. The van der Waals surface area contributed by atoms with Crippen LogP contribution in [0.25, 0.3) is 0 Å². The molecule has 1 amide bonds. The molecule has 92 valence electrons. The first-order valence-electron chi connectivity index (χ1n) is 6.06. The quantitative estimate of drug-likeness (QED) is 0.779. The molecular weight excluding hydrogens is 214 g/mol. The lowest BCUT2D eigenvalue weighted by Gasteiger charge is -2.19. The fourth-order valence-corrected chi connectivity index (χ4v) is 2.35. The van der Waals surface area contributed by atoms with Crippen molar-refractivity contribution in [3.63, 3.8) is 0 Å². The highest BCUT2D eigenvalue weighted by Crippen LogP contribution is 2.27. The van der Waals surface area contributed by atoms with Gasteiger partial charge in [-0.2, -0.15) is 0 Å². The average Bonchev–Trinajstić information content (AvgIpc) is 2.78. The number of benzene rings is 1. The zero-order chi connectivity index (χ0) is 12.4. The molecule has 1 aliphatic rings. The van der Waals surface area contributed by atoms with Gasteiger partial charge in [-0.1, -0.05) is 13.3 Å². The number of primary amides is 1. The number of anilines is 2. The number of hydrogen-bond donors (Lipinski definition) is 2. The van der Waals surface area contributed by atoms with Crippen molar-refractivity contribution < 1.29 is 4.79 Å². The van der Waals surface area contributed by atoms with Crippen molar-refractivity contribution in [1.29, 1.82) is 0 Å². The van der Waals surface area contributed by atoms with Gasteiger partial charge in [0.1, 0.15) is 0 Å². The van der Waals surface area contributed by atoms with E-state index in [9.17, 15) is 4.79 Å². The number of nitrogens with two attached hydrogens (primary N) is 2. The van der Waals surface area contributed by atoms with E-state index in [0.29, 0.717) is 11.3 Å². The first-order valence-corrected chi connectivity index (χ1v) is 6.06. The Morgan fingerprint density at radius 3 is 2.88 bits per heavy atom. The van der Waals surface area contributed by atoms with Gasteiger partial charge in [0.05, 0.1) is 5.56 Å². The predicted octanol–water partition coefficient (Wildman–Crippen LogP) is 1.60. The fraction of sp³-hybridized carbons (Fsp3) is 0.462. The summed E-state index contributed by atoms with van der Waals surface area (Å²) in [6.07, 6.45) is 2.42. The Morgan fingerprint density at radius 2 is 2.29 bits per heavy atom. The second kappa shape index (κ2) is 4.65. The molecule has 0 bridgehead atoms. The van der Waals surface area contributed by atoms with Gasteiger partial charge >= 0.3 is 0 Å². The first kappa shape index (κ1) is 11.8. The highest BCUT2D eigenvalue weighted by atomic mass is 16.1. The van der Waals surface area contributed by atoms with Gasteiger partial charge in [0.2, 0.25) is 0 Å². The van der Waals surface area contributed by atoms with Crippen LogP contribution < -0.4 is 16.4 Å².